The van der Waals surface area contributed by atoms with Crippen LogP contribution in [0.4, 0.5) is 0 Å². The molecule has 10 heavy (non-hydrogen) atoms. The molecular formula is C6H12N2O2. The van der Waals surface area contributed by atoms with Gasteiger partial charge in [-0.15, -0.1) is 0 Å². The van der Waals surface area contributed by atoms with Crippen molar-refractivity contribution in [3.63, 3.8) is 0 Å². The zero-order valence-corrected chi connectivity index (χ0v) is 6.16. The summed E-state index contributed by atoms with van der Waals surface area (Å²) < 4.78 is 0. The van der Waals surface area contributed by atoms with E-state index < -0.39 is 6.35 Å². The van der Waals surface area contributed by atoms with E-state index >= 15 is 0 Å². The van der Waals surface area contributed by atoms with Gasteiger partial charge in [0.05, 0.1) is 0 Å². The Morgan fingerprint density at radius 2 is 2.30 bits per heavy atom. The lowest BCUT2D eigenvalue weighted by Gasteiger charge is -2.18. The van der Waals surface area contributed by atoms with Crippen LogP contribution in [0.25, 0.3) is 0 Å². The van der Waals surface area contributed by atoms with Crippen molar-refractivity contribution in [3.05, 3.63) is 12.7 Å². The molecule has 0 aliphatic heterocycles. The zero-order valence-electron chi connectivity index (χ0n) is 6.16. The number of aliphatic hydroxyl groups is 1. The summed E-state index contributed by atoms with van der Waals surface area (Å²) in [4.78, 5) is 12.0. The van der Waals surface area contributed by atoms with Gasteiger partial charge in [-0.2, -0.15) is 0 Å². The molecule has 0 fully saturated rings. The smallest absolute Gasteiger partial charge is 0.246 e. The van der Waals surface area contributed by atoms with Crippen LogP contribution in [0.3, 0.4) is 0 Å². The van der Waals surface area contributed by atoms with Crippen molar-refractivity contribution in [2.75, 3.05) is 14.1 Å². The van der Waals surface area contributed by atoms with Crippen molar-refractivity contribution < 1.29 is 9.90 Å². The Hall–Kier alpha value is -0.870. The Labute approximate surface area is 60.1 Å². The Morgan fingerprint density at radius 1 is 1.80 bits per heavy atom. The standard InChI is InChI=1S/C6H12N2O2/c1-4-5(9)7-6(10)8(2)3/h4,6,10H,1H2,2-3H3,(H,7,9). The van der Waals surface area contributed by atoms with Crippen molar-refractivity contribution in [2.24, 2.45) is 0 Å². The first-order chi connectivity index (χ1) is 4.57. The molecule has 0 rings (SSSR count). The van der Waals surface area contributed by atoms with Gasteiger partial charge in [-0.05, 0) is 20.2 Å². The van der Waals surface area contributed by atoms with Crippen molar-refractivity contribution in [3.8, 4) is 0 Å². The fraction of sp³-hybridized carbons (Fsp3) is 0.500. The molecule has 0 aromatic carbocycles. The van der Waals surface area contributed by atoms with Crippen LogP contribution in [0.15, 0.2) is 12.7 Å². The molecule has 4 heteroatoms. The molecule has 2 N–H and O–H groups in total. The molecule has 1 atom stereocenters. The van der Waals surface area contributed by atoms with E-state index in [-0.39, 0.29) is 5.91 Å². The quantitative estimate of drug-likeness (QED) is 0.400. The number of carbonyl (C=O) groups is 1. The van der Waals surface area contributed by atoms with Crippen molar-refractivity contribution >= 4 is 5.91 Å². The summed E-state index contributed by atoms with van der Waals surface area (Å²) in [6.07, 6.45) is 0.165. The number of hydrogen-bond acceptors (Lipinski definition) is 3. The van der Waals surface area contributed by atoms with E-state index in [1.54, 1.807) is 14.1 Å². The topological polar surface area (TPSA) is 52.6 Å². The minimum absolute atomic E-state index is 0.388. The molecule has 0 spiro atoms. The Morgan fingerprint density at radius 3 is 2.60 bits per heavy atom. The summed E-state index contributed by atoms with van der Waals surface area (Å²) in [5.41, 5.74) is 0. The van der Waals surface area contributed by atoms with Gasteiger partial charge in [0.2, 0.25) is 5.91 Å². The summed E-state index contributed by atoms with van der Waals surface area (Å²) in [5.74, 6) is -0.388. The predicted octanol–water partition coefficient (Wildman–Crippen LogP) is -0.874. The SMILES string of the molecule is C=CC(=O)NC(O)N(C)C. The maximum absolute atomic E-state index is 10.5. The first-order valence-electron chi connectivity index (χ1n) is 2.85. The minimum atomic E-state index is -0.939. The number of amides is 1. The molecule has 0 saturated heterocycles. The molecule has 0 heterocycles. The summed E-state index contributed by atoms with van der Waals surface area (Å²) in [6.45, 7) is 3.23. The highest BCUT2D eigenvalue weighted by Crippen LogP contribution is 1.80. The van der Waals surface area contributed by atoms with Crippen molar-refractivity contribution in [2.45, 2.75) is 6.35 Å². The van der Waals surface area contributed by atoms with Crippen molar-refractivity contribution in [1.82, 2.24) is 10.2 Å². The molecule has 0 aromatic heterocycles. The van der Waals surface area contributed by atoms with E-state index in [1.807, 2.05) is 0 Å². The summed E-state index contributed by atoms with van der Waals surface area (Å²) in [5, 5.41) is 11.2. The second kappa shape index (κ2) is 4.03. The van der Waals surface area contributed by atoms with Crippen LogP contribution in [0, 0.1) is 0 Å². The third-order valence-corrected chi connectivity index (χ3v) is 0.946. The molecule has 58 valence electrons. The molecule has 0 radical (unpaired) electrons. The second-order valence-corrected chi connectivity index (χ2v) is 2.05. The molecule has 1 amide bonds. The second-order valence-electron chi connectivity index (χ2n) is 2.05. The highest BCUT2D eigenvalue weighted by atomic mass is 16.3. The summed E-state index contributed by atoms with van der Waals surface area (Å²) >= 11 is 0. The largest absolute Gasteiger partial charge is 0.361 e. The maximum atomic E-state index is 10.5. The molecular weight excluding hydrogens is 132 g/mol. The Kier molecular flexibility index (Phi) is 3.68. The normalized spacial score (nSPS) is 12.8. The van der Waals surface area contributed by atoms with Crippen LogP contribution in [-0.4, -0.2) is 36.4 Å². The van der Waals surface area contributed by atoms with Gasteiger partial charge in [-0.3, -0.25) is 9.69 Å². The lowest BCUT2D eigenvalue weighted by Crippen LogP contribution is -2.43. The van der Waals surface area contributed by atoms with E-state index in [9.17, 15) is 4.79 Å². The summed E-state index contributed by atoms with van der Waals surface area (Å²) in [7, 11) is 3.29. The van der Waals surface area contributed by atoms with Gasteiger partial charge in [0.15, 0.2) is 6.35 Å². The Bertz CT molecular complexity index is 134. The number of hydrogen-bond donors (Lipinski definition) is 2. The van der Waals surface area contributed by atoms with Gasteiger partial charge in [-0.25, -0.2) is 0 Å². The molecule has 0 aromatic rings. The van der Waals surface area contributed by atoms with Crippen LogP contribution in [0.5, 0.6) is 0 Å². The maximum Gasteiger partial charge on any atom is 0.246 e. The zero-order chi connectivity index (χ0) is 8.15. The van der Waals surface area contributed by atoms with E-state index in [2.05, 4.69) is 11.9 Å². The third-order valence-electron chi connectivity index (χ3n) is 0.946. The van der Waals surface area contributed by atoms with Gasteiger partial charge in [0.25, 0.3) is 0 Å². The minimum Gasteiger partial charge on any atom is -0.361 e. The van der Waals surface area contributed by atoms with E-state index in [0.29, 0.717) is 0 Å². The van der Waals surface area contributed by atoms with Crippen LogP contribution < -0.4 is 5.32 Å². The fourth-order valence-corrected chi connectivity index (χ4v) is 0.315. The highest BCUT2D eigenvalue weighted by Gasteiger charge is 2.06. The molecule has 4 nitrogen and oxygen atoms in total. The number of carbonyl (C=O) groups excluding carboxylic acids is 1. The fourth-order valence-electron chi connectivity index (χ4n) is 0.315. The first kappa shape index (κ1) is 9.13. The molecule has 0 aliphatic carbocycles. The monoisotopic (exact) mass is 144 g/mol. The van der Waals surface area contributed by atoms with Crippen LogP contribution in [0.1, 0.15) is 0 Å². The number of rotatable bonds is 3. The van der Waals surface area contributed by atoms with Crippen molar-refractivity contribution in [1.29, 1.82) is 0 Å². The average Bonchev–Trinajstić information content (AvgIpc) is 1.87. The first-order valence-corrected chi connectivity index (χ1v) is 2.85. The lowest BCUT2D eigenvalue weighted by molar-refractivity contribution is -0.122. The Balaban J connectivity index is 3.67. The van der Waals surface area contributed by atoms with Gasteiger partial charge in [0.1, 0.15) is 0 Å². The van der Waals surface area contributed by atoms with E-state index in [4.69, 9.17) is 5.11 Å². The van der Waals surface area contributed by atoms with Crippen LogP contribution in [-0.2, 0) is 4.79 Å². The molecule has 0 bridgehead atoms. The molecule has 0 aliphatic rings. The van der Waals surface area contributed by atoms with E-state index in [0.717, 1.165) is 6.08 Å². The molecule has 0 saturated carbocycles. The number of nitrogens with one attached hydrogen (secondary N) is 1. The van der Waals surface area contributed by atoms with Gasteiger partial charge in [0, 0.05) is 0 Å². The predicted molar refractivity (Wildman–Crippen MR) is 38.0 cm³/mol. The summed E-state index contributed by atoms with van der Waals surface area (Å²) in [6, 6.07) is 0. The lowest BCUT2D eigenvalue weighted by atomic mass is 10.6. The average molecular weight is 144 g/mol. The molecule has 1 unspecified atom stereocenters. The van der Waals surface area contributed by atoms with E-state index in [1.165, 1.54) is 4.90 Å². The number of nitrogens with zero attached hydrogens (tertiary/aromatic N) is 1. The van der Waals surface area contributed by atoms with Gasteiger partial charge < -0.3 is 10.4 Å². The highest BCUT2D eigenvalue weighted by molar-refractivity contribution is 5.86. The van der Waals surface area contributed by atoms with Gasteiger partial charge in [-0.1, -0.05) is 6.58 Å². The third kappa shape index (κ3) is 3.21. The van der Waals surface area contributed by atoms with Gasteiger partial charge >= 0.3 is 0 Å². The van der Waals surface area contributed by atoms with Crippen LogP contribution in [0.2, 0.25) is 0 Å². The van der Waals surface area contributed by atoms with Crippen LogP contribution >= 0.6 is 0 Å². The number of aliphatic hydroxyl groups excluding tert-OH is 1.